The number of halogens is 3. The monoisotopic (exact) mass is 289 g/mol. The van der Waals surface area contributed by atoms with Crippen LogP contribution in [-0.2, 0) is 17.6 Å². The van der Waals surface area contributed by atoms with Crippen LogP contribution >= 0.6 is 0 Å². The van der Waals surface area contributed by atoms with Gasteiger partial charge in [-0.1, -0.05) is 12.1 Å². The molecule has 4 nitrogen and oxygen atoms in total. The van der Waals surface area contributed by atoms with E-state index in [1.54, 1.807) is 18.2 Å². The fourth-order valence-corrected chi connectivity index (χ4v) is 2.09. The molecule has 0 fully saturated rings. The molecule has 110 valence electrons. The van der Waals surface area contributed by atoms with Crippen LogP contribution in [0.1, 0.15) is 11.1 Å². The van der Waals surface area contributed by atoms with Crippen LogP contribution in [0.15, 0.2) is 18.2 Å². The van der Waals surface area contributed by atoms with E-state index in [9.17, 15) is 18.0 Å². The number of aliphatic hydroxyl groups is 1. The molecule has 1 atom stereocenters. The number of rotatable bonds is 3. The van der Waals surface area contributed by atoms with Gasteiger partial charge in [-0.3, -0.25) is 4.79 Å². The van der Waals surface area contributed by atoms with Crippen LogP contribution < -0.4 is 10.1 Å². The first-order valence-electron chi connectivity index (χ1n) is 6.13. The molecule has 0 saturated carbocycles. The van der Waals surface area contributed by atoms with Gasteiger partial charge >= 0.3 is 12.1 Å². The van der Waals surface area contributed by atoms with E-state index in [4.69, 9.17) is 9.84 Å². The van der Waals surface area contributed by atoms with E-state index in [2.05, 4.69) is 0 Å². The molecule has 1 heterocycles. The summed E-state index contributed by atoms with van der Waals surface area (Å²) in [5.41, 5.74) is 1.60. The maximum atomic E-state index is 12.2. The van der Waals surface area contributed by atoms with E-state index >= 15 is 0 Å². The summed E-state index contributed by atoms with van der Waals surface area (Å²) < 4.78 is 41.9. The molecule has 0 saturated heterocycles. The molecule has 20 heavy (non-hydrogen) atoms. The number of nitrogens with one attached hydrogen (secondary N) is 1. The fraction of sp³-hybridized carbons (Fsp3) is 0.462. The Balaban J connectivity index is 2.06. The Morgan fingerprint density at radius 1 is 1.45 bits per heavy atom. The van der Waals surface area contributed by atoms with E-state index in [-0.39, 0.29) is 19.6 Å². The van der Waals surface area contributed by atoms with E-state index in [1.807, 2.05) is 5.32 Å². The molecule has 0 aliphatic carbocycles. The standard InChI is InChI=1S/C13H14F3NO3/c14-13(15,16)12(19)17-10-6-9-5-8(3-4-18)1-2-11(9)20-7-10/h1-2,5,10,18H,3-4,6-7H2,(H,17,19). The van der Waals surface area contributed by atoms with Crippen LogP contribution in [0.4, 0.5) is 13.2 Å². The summed E-state index contributed by atoms with van der Waals surface area (Å²) in [6.07, 6.45) is -4.15. The van der Waals surface area contributed by atoms with Crippen molar-refractivity contribution >= 4 is 5.91 Å². The average molecular weight is 289 g/mol. The molecule has 7 heteroatoms. The number of hydrogen-bond acceptors (Lipinski definition) is 3. The summed E-state index contributed by atoms with van der Waals surface area (Å²) in [5.74, 6) is -1.36. The Hall–Kier alpha value is -1.76. The van der Waals surface area contributed by atoms with Crippen LogP contribution in [0, 0.1) is 0 Å². The number of fused-ring (bicyclic) bond motifs is 1. The maximum absolute atomic E-state index is 12.2. The van der Waals surface area contributed by atoms with E-state index in [0.29, 0.717) is 12.2 Å². The minimum atomic E-state index is -4.89. The zero-order valence-electron chi connectivity index (χ0n) is 10.5. The molecule has 2 N–H and O–H groups in total. The summed E-state index contributed by atoms with van der Waals surface area (Å²) in [6, 6.07) is 4.59. The van der Waals surface area contributed by atoms with Crippen LogP contribution in [-0.4, -0.2) is 36.4 Å². The van der Waals surface area contributed by atoms with Gasteiger partial charge in [0.1, 0.15) is 12.4 Å². The zero-order valence-corrected chi connectivity index (χ0v) is 10.5. The van der Waals surface area contributed by atoms with E-state index in [1.165, 1.54) is 0 Å². The molecular formula is C13H14F3NO3. The van der Waals surface area contributed by atoms with Crippen molar-refractivity contribution in [2.45, 2.75) is 25.1 Å². The highest BCUT2D eigenvalue weighted by Crippen LogP contribution is 2.26. The van der Waals surface area contributed by atoms with Crippen molar-refractivity contribution in [1.29, 1.82) is 0 Å². The van der Waals surface area contributed by atoms with Crippen LogP contribution in [0.2, 0.25) is 0 Å². The van der Waals surface area contributed by atoms with Crippen molar-refractivity contribution in [3.63, 3.8) is 0 Å². The predicted molar refractivity (Wildman–Crippen MR) is 64.4 cm³/mol. The van der Waals surface area contributed by atoms with Gasteiger partial charge in [-0.15, -0.1) is 0 Å². The Bertz CT molecular complexity index is 502. The lowest BCUT2D eigenvalue weighted by Crippen LogP contribution is -2.48. The second kappa shape index (κ2) is 5.70. The highest BCUT2D eigenvalue weighted by molar-refractivity contribution is 5.82. The third-order valence-electron chi connectivity index (χ3n) is 3.02. The number of carbonyl (C=O) groups is 1. The second-order valence-electron chi connectivity index (χ2n) is 4.60. The number of carbonyl (C=O) groups excluding carboxylic acids is 1. The molecule has 0 bridgehead atoms. The molecule has 1 aliphatic rings. The van der Waals surface area contributed by atoms with Gasteiger partial charge in [-0.2, -0.15) is 13.2 Å². The summed E-state index contributed by atoms with van der Waals surface area (Å²) in [5, 5.41) is 10.8. The highest BCUT2D eigenvalue weighted by atomic mass is 19.4. The van der Waals surface area contributed by atoms with Crippen molar-refractivity contribution in [1.82, 2.24) is 5.32 Å². The molecule has 0 spiro atoms. The maximum Gasteiger partial charge on any atom is 0.471 e. The molecular weight excluding hydrogens is 275 g/mol. The molecule has 1 aliphatic heterocycles. The Morgan fingerprint density at radius 2 is 2.20 bits per heavy atom. The second-order valence-corrected chi connectivity index (χ2v) is 4.60. The van der Waals surface area contributed by atoms with Crippen molar-refractivity contribution in [2.75, 3.05) is 13.2 Å². The number of amides is 1. The lowest BCUT2D eigenvalue weighted by atomic mass is 9.99. The Labute approximate surface area is 113 Å². The third-order valence-corrected chi connectivity index (χ3v) is 3.02. The van der Waals surface area contributed by atoms with Crippen molar-refractivity contribution in [2.24, 2.45) is 0 Å². The molecule has 2 rings (SSSR count). The number of hydrogen-bond donors (Lipinski definition) is 2. The predicted octanol–water partition coefficient (Wildman–Crippen LogP) is 1.20. The van der Waals surface area contributed by atoms with Crippen molar-refractivity contribution in [3.05, 3.63) is 29.3 Å². The lowest BCUT2D eigenvalue weighted by Gasteiger charge is -2.26. The van der Waals surface area contributed by atoms with Crippen molar-refractivity contribution < 1.29 is 27.8 Å². The molecule has 0 aromatic heterocycles. The first kappa shape index (κ1) is 14.6. The fourth-order valence-electron chi connectivity index (χ4n) is 2.09. The number of aliphatic hydroxyl groups excluding tert-OH is 1. The zero-order chi connectivity index (χ0) is 14.8. The topological polar surface area (TPSA) is 58.6 Å². The van der Waals surface area contributed by atoms with E-state index in [0.717, 1.165) is 11.1 Å². The number of benzene rings is 1. The summed E-state index contributed by atoms with van der Waals surface area (Å²) in [4.78, 5) is 10.9. The minimum Gasteiger partial charge on any atom is -0.491 e. The van der Waals surface area contributed by atoms with Gasteiger partial charge < -0.3 is 15.2 Å². The van der Waals surface area contributed by atoms with Gasteiger partial charge in [0.05, 0.1) is 6.04 Å². The largest absolute Gasteiger partial charge is 0.491 e. The minimum absolute atomic E-state index is 0.00607. The average Bonchev–Trinajstić information content (AvgIpc) is 2.37. The molecule has 1 unspecified atom stereocenters. The summed E-state index contributed by atoms with van der Waals surface area (Å²) >= 11 is 0. The molecule has 1 aromatic carbocycles. The molecule has 1 amide bonds. The van der Waals surface area contributed by atoms with Crippen LogP contribution in [0.25, 0.3) is 0 Å². The smallest absolute Gasteiger partial charge is 0.471 e. The first-order chi connectivity index (χ1) is 9.40. The summed E-state index contributed by atoms with van der Waals surface area (Å²) in [6.45, 7) is 0.00203. The first-order valence-corrected chi connectivity index (χ1v) is 6.13. The van der Waals surface area contributed by atoms with Crippen molar-refractivity contribution in [3.8, 4) is 5.75 Å². The van der Waals surface area contributed by atoms with Crippen LogP contribution in [0.5, 0.6) is 5.75 Å². The number of alkyl halides is 3. The highest BCUT2D eigenvalue weighted by Gasteiger charge is 2.40. The quantitative estimate of drug-likeness (QED) is 0.879. The Morgan fingerprint density at radius 3 is 2.85 bits per heavy atom. The van der Waals surface area contributed by atoms with Gasteiger partial charge in [0.15, 0.2) is 0 Å². The van der Waals surface area contributed by atoms with Gasteiger partial charge in [0.25, 0.3) is 0 Å². The molecule has 0 radical (unpaired) electrons. The van der Waals surface area contributed by atoms with Gasteiger partial charge in [0.2, 0.25) is 0 Å². The summed E-state index contributed by atoms with van der Waals surface area (Å²) in [7, 11) is 0. The Kier molecular flexibility index (Phi) is 4.17. The van der Waals surface area contributed by atoms with Crippen LogP contribution in [0.3, 0.4) is 0 Å². The van der Waals surface area contributed by atoms with E-state index < -0.39 is 18.1 Å². The molecule has 1 aromatic rings. The normalized spacial score (nSPS) is 18.1. The number of ether oxygens (including phenoxy) is 1. The van der Waals surface area contributed by atoms with Gasteiger partial charge in [-0.25, -0.2) is 0 Å². The third kappa shape index (κ3) is 3.41. The lowest BCUT2D eigenvalue weighted by molar-refractivity contribution is -0.174. The SMILES string of the molecule is O=C(NC1COc2ccc(CCO)cc2C1)C(F)(F)F. The van der Waals surface area contributed by atoms with Gasteiger partial charge in [-0.05, 0) is 30.0 Å². The van der Waals surface area contributed by atoms with Gasteiger partial charge in [0, 0.05) is 6.61 Å².